The average Bonchev–Trinajstić information content (AvgIpc) is 2.89. The molecule has 0 bridgehead atoms. The number of hydrogen-bond donors (Lipinski definition) is 1. The van der Waals surface area contributed by atoms with Gasteiger partial charge < -0.3 is 9.30 Å². The van der Waals surface area contributed by atoms with E-state index in [-0.39, 0.29) is 12.4 Å². The van der Waals surface area contributed by atoms with Gasteiger partial charge in [0, 0.05) is 13.2 Å². The zero-order chi connectivity index (χ0) is 17.9. The molecule has 0 spiro atoms. The van der Waals surface area contributed by atoms with Crippen LogP contribution in [0.1, 0.15) is 58.3 Å². The molecule has 0 saturated carbocycles. The molecule has 0 aliphatic rings. The molecule has 0 radical (unpaired) electrons. The topological polar surface area (TPSA) is 42.9 Å². The Kier molecular flexibility index (Phi) is 11.1. The number of allylic oxidation sites excluding steroid dienone is 1. The van der Waals surface area contributed by atoms with E-state index in [1.54, 1.807) is 0 Å². The van der Waals surface area contributed by atoms with Crippen LogP contribution in [0.5, 0.6) is 0 Å². The van der Waals surface area contributed by atoms with Crippen LogP contribution in [0.15, 0.2) is 36.9 Å². The van der Waals surface area contributed by atoms with Gasteiger partial charge in [0.25, 0.3) is 0 Å². The van der Waals surface area contributed by atoms with E-state index in [1.807, 2.05) is 39.5 Å². The van der Waals surface area contributed by atoms with Crippen molar-refractivity contribution in [2.75, 3.05) is 6.61 Å². The summed E-state index contributed by atoms with van der Waals surface area (Å²) in [5, 5.41) is 8.40. The Balaban J connectivity index is 0.00000338. The Hall–Kier alpha value is -1.52. The van der Waals surface area contributed by atoms with Crippen molar-refractivity contribution in [2.45, 2.75) is 71.6 Å². The first-order valence-corrected chi connectivity index (χ1v) is 9.71. The summed E-state index contributed by atoms with van der Waals surface area (Å²) in [6.45, 7) is 7.91. The molecule has 1 heterocycles. The van der Waals surface area contributed by atoms with Crippen LogP contribution >= 0.6 is 12.4 Å². The molecule has 0 aliphatic carbocycles. The van der Waals surface area contributed by atoms with E-state index in [4.69, 9.17) is 10.1 Å². The van der Waals surface area contributed by atoms with Gasteiger partial charge in [0.15, 0.2) is 0 Å². The van der Waals surface area contributed by atoms with Crippen LogP contribution in [0, 0.1) is 5.41 Å². The predicted molar refractivity (Wildman–Crippen MR) is 112 cm³/mol. The first-order valence-electron chi connectivity index (χ1n) is 9.71. The molecular formula is C21H34ClN3O. The van der Waals surface area contributed by atoms with E-state index in [0.717, 1.165) is 24.1 Å². The van der Waals surface area contributed by atoms with Crippen molar-refractivity contribution in [3.05, 3.63) is 42.5 Å². The van der Waals surface area contributed by atoms with E-state index in [2.05, 4.69) is 13.5 Å². The zero-order valence-electron chi connectivity index (χ0n) is 16.1. The Morgan fingerprint density at radius 2 is 1.54 bits per heavy atom. The molecule has 0 aliphatic heterocycles. The number of para-hydroxylation sites is 2. The Morgan fingerprint density at radius 1 is 0.962 bits per heavy atom. The van der Waals surface area contributed by atoms with Crippen molar-refractivity contribution < 1.29 is 4.74 Å². The highest BCUT2D eigenvalue weighted by molar-refractivity contribution is 5.85. The van der Waals surface area contributed by atoms with Crippen LogP contribution in [0.3, 0.4) is 0 Å². The smallest absolute Gasteiger partial charge is 0.205 e. The molecular weight excluding hydrogens is 346 g/mol. The summed E-state index contributed by atoms with van der Waals surface area (Å²) in [6, 6.07) is 8.11. The molecule has 1 aromatic heterocycles. The minimum absolute atomic E-state index is 0. The summed E-state index contributed by atoms with van der Waals surface area (Å²) in [6.07, 6.45) is 12.3. The number of halogens is 1. The summed E-state index contributed by atoms with van der Waals surface area (Å²) in [7, 11) is 0. The molecule has 0 saturated heterocycles. The van der Waals surface area contributed by atoms with Crippen molar-refractivity contribution >= 4 is 23.4 Å². The minimum Gasteiger partial charge on any atom is -0.361 e. The van der Waals surface area contributed by atoms with Crippen LogP contribution in [0.4, 0.5) is 0 Å². The van der Waals surface area contributed by atoms with Gasteiger partial charge in [-0.3, -0.25) is 9.98 Å². The van der Waals surface area contributed by atoms with Crippen molar-refractivity contribution in [1.29, 1.82) is 5.41 Å². The highest BCUT2D eigenvalue weighted by Gasteiger charge is 2.09. The first kappa shape index (κ1) is 22.5. The highest BCUT2D eigenvalue weighted by Crippen LogP contribution is 2.13. The Labute approximate surface area is 163 Å². The van der Waals surface area contributed by atoms with Gasteiger partial charge in [-0.1, -0.05) is 70.1 Å². The van der Waals surface area contributed by atoms with Crippen LogP contribution < -0.4 is 5.62 Å². The number of unbranched alkanes of at least 4 members (excludes halogenated alkanes) is 7. The third-order valence-electron chi connectivity index (χ3n) is 4.65. The fourth-order valence-electron chi connectivity index (χ4n) is 3.23. The molecule has 5 heteroatoms. The molecule has 1 N–H and O–H groups in total. The maximum atomic E-state index is 8.40. The number of nitrogens with one attached hydrogen (secondary N) is 1. The quantitative estimate of drug-likeness (QED) is 0.355. The number of ether oxygens (including phenoxy) is 1. The maximum absolute atomic E-state index is 8.40. The summed E-state index contributed by atoms with van der Waals surface area (Å²) in [5.41, 5.74) is 2.57. The summed E-state index contributed by atoms with van der Waals surface area (Å²) in [4.78, 5) is 0. The van der Waals surface area contributed by atoms with Gasteiger partial charge in [0.2, 0.25) is 5.62 Å². The van der Waals surface area contributed by atoms with Crippen LogP contribution in [-0.2, 0) is 18.0 Å². The normalized spacial score (nSPS) is 10.8. The van der Waals surface area contributed by atoms with Crippen molar-refractivity contribution in [1.82, 2.24) is 9.13 Å². The number of imidazole rings is 1. The zero-order valence-corrected chi connectivity index (χ0v) is 16.9. The van der Waals surface area contributed by atoms with Gasteiger partial charge in [-0.05, 0) is 18.6 Å². The molecule has 2 aromatic rings. The minimum atomic E-state index is 0. The fourth-order valence-corrected chi connectivity index (χ4v) is 3.23. The standard InChI is InChI=1S/C21H33N3O.ClH/c1-3-5-6-7-8-9-10-13-17-25-18-24-20-15-12-11-14-19(20)23(16-4-2)21(24)22;/h4,11-12,14-15,22H,2-3,5-10,13,16-18H2,1H3;1H. The maximum Gasteiger partial charge on any atom is 0.205 e. The molecule has 0 atom stereocenters. The highest BCUT2D eigenvalue weighted by atomic mass is 35.5. The average molecular weight is 380 g/mol. The second-order valence-corrected chi connectivity index (χ2v) is 6.65. The predicted octanol–water partition coefficient (Wildman–Crippen LogP) is 5.64. The van der Waals surface area contributed by atoms with Gasteiger partial charge in [-0.15, -0.1) is 19.0 Å². The molecule has 0 fully saturated rings. The molecule has 26 heavy (non-hydrogen) atoms. The van der Waals surface area contributed by atoms with E-state index < -0.39 is 0 Å². The summed E-state index contributed by atoms with van der Waals surface area (Å²) in [5.74, 6) is 0. The molecule has 0 amide bonds. The van der Waals surface area contributed by atoms with Gasteiger partial charge in [-0.25, -0.2) is 0 Å². The van der Waals surface area contributed by atoms with E-state index in [9.17, 15) is 0 Å². The van der Waals surface area contributed by atoms with Gasteiger partial charge in [0.05, 0.1) is 11.0 Å². The first-order chi connectivity index (χ1) is 12.3. The number of fused-ring (bicyclic) bond motifs is 1. The summed E-state index contributed by atoms with van der Waals surface area (Å²) < 4.78 is 9.74. The molecule has 4 nitrogen and oxygen atoms in total. The number of benzene rings is 1. The lowest BCUT2D eigenvalue weighted by Gasteiger charge is -2.07. The van der Waals surface area contributed by atoms with Crippen molar-refractivity contribution in [3.63, 3.8) is 0 Å². The number of aromatic nitrogens is 2. The Bertz CT molecular complexity index is 705. The third-order valence-corrected chi connectivity index (χ3v) is 4.65. The third kappa shape index (κ3) is 6.33. The number of hydrogen-bond acceptors (Lipinski definition) is 2. The van der Waals surface area contributed by atoms with Crippen molar-refractivity contribution in [3.8, 4) is 0 Å². The molecule has 146 valence electrons. The second kappa shape index (κ2) is 12.8. The lowest BCUT2D eigenvalue weighted by atomic mass is 10.1. The lowest BCUT2D eigenvalue weighted by Crippen LogP contribution is -2.25. The Morgan fingerprint density at radius 3 is 2.15 bits per heavy atom. The van der Waals surface area contributed by atoms with Crippen molar-refractivity contribution in [2.24, 2.45) is 0 Å². The monoisotopic (exact) mass is 379 g/mol. The molecule has 0 unspecified atom stereocenters. The van der Waals surface area contributed by atoms with Crippen LogP contribution in [-0.4, -0.2) is 15.7 Å². The SMILES string of the molecule is C=CCn1c(=N)n(COCCCCCCCCCC)c2ccccc21.Cl. The summed E-state index contributed by atoms with van der Waals surface area (Å²) >= 11 is 0. The molecule has 2 rings (SSSR count). The van der Waals surface area contributed by atoms with Crippen LogP contribution in [0.25, 0.3) is 11.0 Å². The molecule has 1 aromatic carbocycles. The second-order valence-electron chi connectivity index (χ2n) is 6.65. The number of rotatable bonds is 13. The van der Waals surface area contributed by atoms with Gasteiger partial charge >= 0.3 is 0 Å². The van der Waals surface area contributed by atoms with E-state index in [1.165, 1.54) is 44.9 Å². The van der Waals surface area contributed by atoms with Gasteiger partial charge in [-0.2, -0.15) is 0 Å². The van der Waals surface area contributed by atoms with E-state index >= 15 is 0 Å². The largest absolute Gasteiger partial charge is 0.361 e. The number of nitrogens with zero attached hydrogens (tertiary/aromatic N) is 2. The lowest BCUT2D eigenvalue weighted by molar-refractivity contribution is 0.0730. The van der Waals surface area contributed by atoms with Crippen LogP contribution in [0.2, 0.25) is 0 Å². The van der Waals surface area contributed by atoms with E-state index in [0.29, 0.717) is 18.9 Å². The fraction of sp³-hybridized carbons (Fsp3) is 0.571. The van der Waals surface area contributed by atoms with Gasteiger partial charge in [0.1, 0.15) is 6.73 Å².